The lowest BCUT2D eigenvalue weighted by Gasteiger charge is -2.16. The molecule has 3 nitrogen and oxygen atoms in total. The van der Waals surface area contributed by atoms with Crippen LogP contribution in [0.15, 0.2) is 48.7 Å². The van der Waals surface area contributed by atoms with Gasteiger partial charge in [-0.3, -0.25) is 0 Å². The predicted octanol–water partition coefficient (Wildman–Crippen LogP) is 3.37. The van der Waals surface area contributed by atoms with Crippen molar-refractivity contribution in [1.82, 2.24) is 0 Å². The van der Waals surface area contributed by atoms with Crippen LogP contribution in [0.2, 0.25) is 0 Å². The Balaban J connectivity index is 1.98. The van der Waals surface area contributed by atoms with E-state index in [2.05, 4.69) is 41.1 Å². The van der Waals surface area contributed by atoms with Crippen LogP contribution in [0.4, 0.5) is 0 Å². The molecule has 110 valence electrons. The second-order valence-electron chi connectivity index (χ2n) is 5.60. The number of ether oxygens (including phenoxy) is 2. The monoisotopic (exact) mass is 292 g/mol. The van der Waals surface area contributed by atoms with Crippen molar-refractivity contribution in [2.45, 2.75) is 13.0 Å². The van der Waals surface area contributed by atoms with Gasteiger partial charge in [-0.2, -0.15) is 4.57 Å². The quantitative estimate of drug-likeness (QED) is 0.676. The van der Waals surface area contributed by atoms with Gasteiger partial charge in [-0.15, -0.1) is 0 Å². The first-order valence-corrected chi connectivity index (χ1v) is 7.47. The molecule has 0 saturated heterocycles. The van der Waals surface area contributed by atoms with Gasteiger partial charge >= 0.3 is 0 Å². The molecule has 3 aromatic rings. The fourth-order valence-corrected chi connectivity index (χ4v) is 3.26. The fraction of sp³-hybridized carbons (Fsp3) is 0.211. The highest BCUT2D eigenvalue weighted by Crippen LogP contribution is 2.34. The van der Waals surface area contributed by atoms with Gasteiger partial charge in [-0.05, 0) is 29.1 Å². The van der Waals surface area contributed by atoms with E-state index in [1.54, 1.807) is 14.2 Å². The Bertz CT molecular complexity index is 871. The number of fused-ring (bicyclic) bond motifs is 4. The molecular weight excluding hydrogens is 274 g/mol. The molecule has 1 aliphatic rings. The number of benzene rings is 2. The maximum Gasteiger partial charge on any atom is 0.213 e. The minimum absolute atomic E-state index is 0.768. The minimum Gasteiger partial charge on any atom is -0.493 e. The van der Waals surface area contributed by atoms with E-state index in [1.807, 2.05) is 12.1 Å². The molecule has 0 spiro atoms. The van der Waals surface area contributed by atoms with Crippen LogP contribution in [-0.2, 0) is 13.0 Å². The molecule has 22 heavy (non-hydrogen) atoms. The molecule has 4 rings (SSSR count). The van der Waals surface area contributed by atoms with Crippen molar-refractivity contribution < 1.29 is 14.0 Å². The molecule has 0 radical (unpaired) electrons. The molecule has 0 amide bonds. The zero-order valence-electron chi connectivity index (χ0n) is 12.8. The van der Waals surface area contributed by atoms with Crippen LogP contribution in [0.3, 0.4) is 0 Å². The second kappa shape index (κ2) is 5.02. The number of nitrogens with zero attached hydrogens (tertiary/aromatic N) is 1. The van der Waals surface area contributed by atoms with E-state index in [1.165, 1.54) is 27.6 Å². The average molecular weight is 292 g/mol. The van der Waals surface area contributed by atoms with Crippen LogP contribution in [0.1, 0.15) is 5.56 Å². The summed E-state index contributed by atoms with van der Waals surface area (Å²) in [7, 11) is 3.34. The Morgan fingerprint density at radius 2 is 1.64 bits per heavy atom. The van der Waals surface area contributed by atoms with E-state index >= 15 is 0 Å². The largest absolute Gasteiger partial charge is 0.493 e. The lowest BCUT2D eigenvalue weighted by atomic mass is 9.96. The first kappa shape index (κ1) is 13.1. The van der Waals surface area contributed by atoms with Gasteiger partial charge in [0.2, 0.25) is 5.69 Å². The van der Waals surface area contributed by atoms with E-state index in [0.717, 1.165) is 24.5 Å². The Morgan fingerprint density at radius 3 is 2.41 bits per heavy atom. The smallest absolute Gasteiger partial charge is 0.213 e. The summed E-state index contributed by atoms with van der Waals surface area (Å²) in [4.78, 5) is 0. The summed E-state index contributed by atoms with van der Waals surface area (Å²) in [6, 6.07) is 15.0. The Kier molecular flexibility index (Phi) is 3.00. The van der Waals surface area contributed by atoms with Crippen molar-refractivity contribution in [3.8, 4) is 22.8 Å². The summed E-state index contributed by atoms with van der Waals surface area (Å²) < 4.78 is 13.2. The lowest BCUT2D eigenvalue weighted by Crippen LogP contribution is -2.39. The summed E-state index contributed by atoms with van der Waals surface area (Å²) in [5.74, 6) is 1.54. The molecule has 1 aliphatic heterocycles. The summed E-state index contributed by atoms with van der Waals surface area (Å²) in [5, 5.41) is 2.33. The summed E-state index contributed by atoms with van der Waals surface area (Å²) in [6.07, 6.45) is 3.29. The highest BCUT2D eigenvalue weighted by Gasteiger charge is 2.23. The third-order valence-electron chi connectivity index (χ3n) is 4.40. The van der Waals surface area contributed by atoms with Gasteiger partial charge in [0.1, 0.15) is 0 Å². The standard InChI is InChI=1S/C19H18NO2/c1-21-18-10-14-9-17-16-6-4-3-5-13(16)7-8-20(17)12-15(14)11-19(18)22-2/h3-6,9-12H,7-8H2,1-2H3/q+1. The normalized spacial score (nSPS) is 12.6. The van der Waals surface area contributed by atoms with Crippen molar-refractivity contribution in [2.75, 3.05) is 14.2 Å². The maximum atomic E-state index is 5.43. The minimum atomic E-state index is 0.768. The number of hydrogen-bond acceptors (Lipinski definition) is 2. The first-order valence-electron chi connectivity index (χ1n) is 7.47. The molecule has 2 aromatic carbocycles. The molecular formula is C19H18NO2+. The predicted molar refractivity (Wildman–Crippen MR) is 86.4 cm³/mol. The number of methoxy groups -OCH3 is 2. The topological polar surface area (TPSA) is 22.3 Å². The van der Waals surface area contributed by atoms with Crippen LogP contribution in [0, 0.1) is 0 Å². The molecule has 0 unspecified atom stereocenters. The molecule has 0 saturated carbocycles. The van der Waals surface area contributed by atoms with E-state index in [9.17, 15) is 0 Å². The molecule has 2 heterocycles. The lowest BCUT2D eigenvalue weighted by molar-refractivity contribution is -0.686. The van der Waals surface area contributed by atoms with Gasteiger partial charge in [0.15, 0.2) is 24.2 Å². The van der Waals surface area contributed by atoms with Crippen LogP contribution in [0.5, 0.6) is 11.5 Å². The first-order chi connectivity index (χ1) is 10.8. The molecule has 0 atom stereocenters. The van der Waals surface area contributed by atoms with Gasteiger partial charge in [0.05, 0.1) is 14.2 Å². The number of pyridine rings is 1. The highest BCUT2D eigenvalue weighted by molar-refractivity contribution is 5.87. The highest BCUT2D eigenvalue weighted by atomic mass is 16.5. The van der Waals surface area contributed by atoms with Crippen LogP contribution >= 0.6 is 0 Å². The number of rotatable bonds is 2. The average Bonchev–Trinajstić information content (AvgIpc) is 2.58. The van der Waals surface area contributed by atoms with Gasteiger partial charge in [-0.25, -0.2) is 0 Å². The fourth-order valence-electron chi connectivity index (χ4n) is 3.26. The molecule has 3 heteroatoms. The second-order valence-corrected chi connectivity index (χ2v) is 5.60. The zero-order valence-corrected chi connectivity index (χ0v) is 12.8. The summed E-state index contributed by atoms with van der Waals surface area (Å²) >= 11 is 0. The van der Waals surface area contributed by atoms with Gasteiger partial charge < -0.3 is 9.47 Å². The van der Waals surface area contributed by atoms with Crippen molar-refractivity contribution in [3.05, 3.63) is 54.2 Å². The number of aromatic nitrogens is 1. The Labute approximate surface area is 129 Å². The molecule has 0 fully saturated rings. The van der Waals surface area contributed by atoms with Crippen molar-refractivity contribution in [1.29, 1.82) is 0 Å². The van der Waals surface area contributed by atoms with Crippen molar-refractivity contribution >= 4 is 10.8 Å². The molecule has 0 N–H and O–H groups in total. The molecule has 1 aromatic heterocycles. The van der Waals surface area contributed by atoms with Crippen LogP contribution in [-0.4, -0.2) is 14.2 Å². The number of hydrogen-bond donors (Lipinski definition) is 0. The Morgan fingerprint density at radius 1 is 0.909 bits per heavy atom. The third-order valence-corrected chi connectivity index (χ3v) is 4.40. The van der Waals surface area contributed by atoms with Crippen molar-refractivity contribution in [2.24, 2.45) is 0 Å². The SMILES string of the molecule is COc1cc2cc3[n+](cc2cc1OC)CCc1ccccc1-3. The van der Waals surface area contributed by atoms with Crippen molar-refractivity contribution in [3.63, 3.8) is 0 Å². The van der Waals surface area contributed by atoms with Crippen LogP contribution in [0.25, 0.3) is 22.0 Å². The zero-order chi connectivity index (χ0) is 15.1. The van der Waals surface area contributed by atoms with Gasteiger partial charge in [-0.1, -0.05) is 18.2 Å². The summed E-state index contributed by atoms with van der Waals surface area (Å²) in [6.45, 7) is 1.01. The summed E-state index contributed by atoms with van der Waals surface area (Å²) in [5.41, 5.74) is 4.01. The van der Waals surface area contributed by atoms with Crippen LogP contribution < -0.4 is 14.0 Å². The van der Waals surface area contributed by atoms with E-state index in [4.69, 9.17) is 9.47 Å². The number of aryl methyl sites for hydroxylation is 2. The van der Waals surface area contributed by atoms with Gasteiger partial charge in [0.25, 0.3) is 0 Å². The van der Waals surface area contributed by atoms with E-state index in [-0.39, 0.29) is 0 Å². The Hall–Kier alpha value is -2.55. The maximum absolute atomic E-state index is 5.43. The van der Waals surface area contributed by atoms with E-state index in [0.29, 0.717) is 0 Å². The molecule has 0 aliphatic carbocycles. The molecule has 0 bridgehead atoms. The van der Waals surface area contributed by atoms with E-state index < -0.39 is 0 Å². The third kappa shape index (κ3) is 1.93. The van der Waals surface area contributed by atoms with Gasteiger partial charge in [0, 0.05) is 23.4 Å².